The number of allylic oxidation sites excluding steroid dienone is 1. The van der Waals surface area contributed by atoms with Gasteiger partial charge in [0.15, 0.2) is 0 Å². The van der Waals surface area contributed by atoms with Crippen LogP contribution >= 0.6 is 0 Å². The van der Waals surface area contributed by atoms with E-state index in [9.17, 15) is 4.79 Å². The first-order valence-electron chi connectivity index (χ1n) is 27.9. The largest absolute Gasteiger partial charge is 0.497 e. The topological polar surface area (TPSA) is 116 Å². The maximum Gasteiger partial charge on any atom is 0.434 e. The van der Waals surface area contributed by atoms with Crippen LogP contribution in [0.25, 0.3) is 28.0 Å². The highest BCUT2D eigenvalue weighted by Gasteiger charge is 2.50. The lowest BCUT2D eigenvalue weighted by molar-refractivity contribution is -0.896. The predicted molar refractivity (Wildman–Crippen MR) is 328 cm³/mol. The molecule has 416 valence electrons. The zero-order valence-corrected chi connectivity index (χ0v) is 48.8. The third kappa shape index (κ3) is 14.6. The number of fused-ring (bicyclic) bond motifs is 2. The Kier molecular flexibility index (Phi) is 19.5. The van der Waals surface area contributed by atoms with E-state index in [1.54, 1.807) is 7.11 Å². The molecule has 0 radical (unpaired) electrons. The summed E-state index contributed by atoms with van der Waals surface area (Å²) in [4.78, 5) is 21.2. The second-order valence-electron chi connectivity index (χ2n) is 22.7. The average molecular weight is 1080 g/mol. The van der Waals surface area contributed by atoms with Crippen molar-refractivity contribution in [2.75, 3.05) is 127 Å². The van der Waals surface area contributed by atoms with E-state index in [2.05, 4.69) is 203 Å². The number of amidine groups is 1. The summed E-state index contributed by atoms with van der Waals surface area (Å²) in [7, 11) is 16.7. The maximum absolute atomic E-state index is 13.2. The number of aryl methyl sites for hydroxylation is 2. The number of carbonyl (C=O) groups is 1. The number of nitrogens with zero attached hydrogens (tertiary/aromatic N) is 6. The van der Waals surface area contributed by atoms with Crippen molar-refractivity contribution in [3.8, 4) is 51.6 Å². The third-order valence-corrected chi connectivity index (χ3v) is 14.3. The summed E-state index contributed by atoms with van der Waals surface area (Å²) in [6, 6.07) is 44.6. The number of aromatic nitrogens is 1. The Labute approximate surface area is 475 Å². The van der Waals surface area contributed by atoms with Crippen molar-refractivity contribution in [1.82, 2.24) is 9.79 Å². The van der Waals surface area contributed by atoms with Gasteiger partial charge in [0.25, 0.3) is 11.7 Å². The van der Waals surface area contributed by atoms with E-state index in [1.807, 2.05) is 36.4 Å². The van der Waals surface area contributed by atoms with Crippen LogP contribution < -0.4 is 20.7 Å². The molecule has 1 aromatic heterocycles. The minimum Gasteiger partial charge on any atom is -0.497 e. The van der Waals surface area contributed by atoms with Gasteiger partial charge in [-0.1, -0.05) is 95.8 Å². The molecule has 1 atom stereocenters. The quantitative estimate of drug-likeness (QED) is 0.0269. The number of hydrogen-bond acceptors (Lipinski definition) is 8. The number of ether oxygens (including phenoxy) is 4. The van der Waals surface area contributed by atoms with Gasteiger partial charge in [-0.3, -0.25) is 4.79 Å². The number of anilines is 1. The minimum absolute atomic E-state index is 0.112. The maximum atomic E-state index is 13.2. The Morgan fingerprint density at radius 1 is 0.700 bits per heavy atom. The van der Waals surface area contributed by atoms with Crippen molar-refractivity contribution in [1.29, 1.82) is 0 Å². The first-order valence-corrected chi connectivity index (χ1v) is 27.9. The van der Waals surface area contributed by atoms with Crippen molar-refractivity contribution < 1.29 is 37.2 Å². The number of quaternary nitrogens is 2. The van der Waals surface area contributed by atoms with Crippen LogP contribution in [0.15, 0.2) is 138 Å². The molecule has 0 saturated heterocycles. The van der Waals surface area contributed by atoms with Crippen LogP contribution in [0.3, 0.4) is 0 Å². The molecular formula is C66H81BN8O5+2. The first kappa shape index (κ1) is 58.6. The Morgan fingerprint density at radius 3 is 1.85 bits per heavy atom. The lowest BCUT2D eigenvalue weighted by atomic mass is 9.45. The zero-order valence-electron chi connectivity index (χ0n) is 48.8. The van der Waals surface area contributed by atoms with Gasteiger partial charge in [-0.05, 0) is 116 Å². The summed E-state index contributed by atoms with van der Waals surface area (Å²) >= 11 is 0. The van der Waals surface area contributed by atoms with Crippen LogP contribution in [0.5, 0.6) is 5.75 Å². The van der Waals surface area contributed by atoms with E-state index < -0.39 is 6.42 Å². The van der Waals surface area contributed by atoms with Crippen LogP contribution in [0.2, 0.25) is 0 Å². The molecule has 0 spiro atoms. The van der Waals surface area contributed by atoms with Crippen LogP contribution in [0.1, 0.15) is 51.0 Å². The zero-order chi connectivity index (χ0) is 56.9. The van der Waals surface area contributed by atoms with Crippen molar-refractivity contribution in [3.05, 3.63) is 167 Å². The van der Waals surface area contributed by atoms with Crippen molar-refractivity contribution in [3.63, 3.8) is 0 Å². The summed E-state index contributed by atoms with van der Waals surface area (Å²) in [5.41, 5.74) is 18.7. The minimum atomic E-state index is -2.40. The number of nitrogens with one attached hydrogen (secondary N) is 1. The third-order valence-electron chi connectivity index (χ3n) is 14.3. The molecule has 14 heteroatoms. The standard InChI is InChI=1S/C66H80BN8O5/c1-50-15-21-53(22-16-50)60-47-62(55-23-17-51(2)18-24-55)72-64(60)70-65-61(54-27-31-58(32-28-54)71(3)4)48-63(56-29-33-59(77-10)34-30-56)73(65)67(72,35-11-39-74(5,6)7)36-12-40-75(8,9)49-52-19-25-57(26-20-52)66(76)69-38-14-42-79-44-46-80-45-43-78-41-13-37-68/h15-34,47-48H,13-14,37-46,49,68H2,1-10H3/q+1/p+1. The van der Waals surface area contributed by atoms with Gasteiger partial charge in [0.2, 0.25) is 5.82 Å². The fourth-order valence-electron chi connectivity index (χ4n) is 9.90. The molecule has 1 amide bonds. The van der Waals surface area contributed by atoms with Crippen LogP contribution in [-0.2, 0) is 20.8 Å². The van der Waals surface area contributed by atoms with Crippen LogP contribution in [-0.4, -0.2) is 164 Å². The Hall–Kier alpha value is -7.53. The molecule has 6 aromatic rings. The molecule has 0 fully saturated rings. The number of amides is 1. The summed E-state index contributed by atoms with van der Waals surface area (Å²) in [6.45, 7) is 10.4. The molecule has 2 aliphatic heterocycles. The molecule has 1 unspecified atom stereocenters. The Morgan fingerprint density at radius 2 is 1.26 bits per heavy atom. The number of rotatable bonds is 24. The molecular weight excluding hydrogens is 996 g/mol. The molecule has 5 aromatic carbocycles. The number of nitrogens with two attached hydrogens (primary N) is 1. The lowest BCUT2D eigenvalue weighted by Crippen LogP contribution is -2.58. The normalized spacial score (nSPS) is 14.7. The van der Waals surface area contributed by atoms with Crippen LogP contribution in [0.4, 0.5) is 11.5 Å². The van der Waals surface area contributed by atoms with E-state index >= 15 is 0 Å². The summed E-state index contributed by atoms with van der Waals surface area (Å²) < 4.78 is 28.3. The number of benzene rings is 5. The highest BCUT2D eigenvalue weighted by atomic mass is 16.5. The van der Waals surface area contributed by atoms with Gasteiger partial charge in [-0.25, -0.2) is 11.6 Å². The molecule has 8 rings (SSSR count). The summed E-state index contributed by atoms with van der Waals surface area (Å²) in [5.74, 6) is 17.9. The fourth-order valence-corrected chi connectivity index (χ4v) is 9.90. The molecule has 2 aliphatic rings. The van der Waals surface area contributed by atoms with Gasteiger partial charge in [-0.2, -0.15) is 0 Å². The van der Waals surface area contributed by atoms with Crippen molar-refractivity contribution >= 4 is 40.9 Å². The van der Waals surface area contributed by atoms with Gasteiger partial charge in [0, 0.05) is 67.5 Å². The van der Waals surface area contributed by atoms with Gasteiger partial charge < -0.3 is 52.8 Å². The summed E-state index contributed by atoms with van der Waals surface area (Å²) in [6.07, 6.45) is 1.43. The molecule has 3 heterocycles. The lowest BCUT2D eigenvalue weighted by Gasteiger charge is -2.38. The number of carbonyl (C=O) groups excluding carboxylic acids is 1. The highest BCUT2D eigenvalue weighted by Crippen LogP contribution is 2.46. The Balaban J connectivity index is 1.17. The second-order valence-corrected chi connectivity index (χ2v) is 22.7. The highest BCUT2D eigenvalue weighted by molar-refractivity contribution is 6.89. The van der Waals surface area contributed by atoms with Gasteiger partial charge in [0.05, 0.1) is 80.1 Å². The molecule has 3 N–H and O–H groups in total. The molecule has 0 saturated carbocycles. The van der Waals surface area contributed by atoms with E-state index in [4.69, 9.17) is 29.7 Å². The average Bonchev–Trinajstić information content (AvgIpc) is 4.15. The molecule has 80 heavy (non-hydrogen) atoms. The number of methoxy groups -OCH3 is 1. The molecule has 0 bridgehead atoms. The van der Waals surface area contributed by atoms with E-state index in [1.165, 1.54) is 11.1 Å². The molecule has 13 nitrogen and oxygen atoms in total. The SMILES string of the molecule is COc1ccc(-c2cc(-c3ccc(N(C)C)cc3)c3n2[B-](C#CC[N+](C)(C)C)(C#CC[N+](C)(C)Cc2ccc(C(=O)NCCCOCCOCCOCCCN)cc2)[N+]2=C(c4ccc(C)cc4)C=C(c4ccc(C)cc4)C2=N3)cc1. The summed E-state index contributed by atoms with van der Waals surface area (Å²) in [5, 5.41) is 3.04. The van der Waals surface area contributed by atoms with Crippen molar-refractivity contribution in [2.45, 2.75) is 33.2 Å². The Bertz CT molecular complexity index is 3310. The predicted octanol–water partition coefficient (Wildman–Crippen LogP) is 9.03. The van der Waals surface area contributed by atoms with E-state index in [0.29, 0.717) is 93.3 Å². The van der Waals surface area contributed by atoms with E-state index in [0.717, 1.165) is 79.9 Å². The fraction of sp³-hybridized carbons (Fsp3) is 0.348. The second kappa shape index (κ2) is 26.6. The number of aliphatic imine (C=N–C) groups is 1. The first-order chi connectivity index (χ1) is 38.5. The monoisotopic (exact) mass is 1080 g/mol. The molecule has 0 aliphatic carbocycles. The smallest absolute Gasteiger partial charge is 0.434 e. The van der Waals surface area contributed by atoms with Crippen molar-refractivity contribution in [2.24, 2.45) is 10.7 Å². The van der Waals surface area contributed by atoms with Gasteiger partial charge >= 0.3 is 6.42 Å². The van der Waals surface area contributed by atoms with E-state index in [-0.39, 0.29) is 5.91 Å². The van der Waals surface area contributed by atoms with Gasteiger partial charge in [0.1, 0.15) is 25.4 Å². The van der Waals surface area contributed by atoms with Gasteiger partial charge in [-0.15, -0.1) is 0 Å². The van der Waals surface area contributed by atoms with Crippen LogP contribution in [0, 0.1) is 37.3 Å². The number of hydrogen-bond donors (Lipinski definition) is 2.